The van der Waals surface area contributed by atoms with Gasteiger partial charge in [-0.3, -0.25) is 14.5 Å². The number of carbonyl (C=O) groups excluding carboxylic acids is 3. The minimum Gasteiger partial charge on any atom is -0.338 e. The van der Waals surface area contributed by atoms with Gasteiger partial charge in [-0.15, -0.1) is 0 Å². The number of halogens is 1. The first-order valence-electron chi connectivity index (χ1n) is 10.4. The highest BCUT2D eigenvalue weighted by Crippen LogP contribution is 2.28. The van der Waals surface area contributed by atoms with Crippen LogP contribution in [-0.4, -0.2) is 73.1 Å². The molecule has 1 unspecified atom stereocenters. The van der Waals surface area contributed by atoms with Crippen molar-refractivity contribution in [2.75, 3.05) is 32.7 Å². The standard InChI is InChI=1S/C22H23FN4O5S/c1-22(16-6-3-2-4-7-16)20(29)27(21(30)24-22)15-19(28)25-10-12-26(13-11-25)33(31,32)18-9-5-8-17(23)14-18/h2-9,14H,10-13,15H2,1H3,(H,24,30). The van der Waals surface area contributed by atoms with Crippen molar-refractivity contribution in [3.63, 3.8) is 0 Å². The van der Waals surface area contributed by atoms with Crippen LogP contribution in [0.3, 0.4) is 0 Å². The molecule has 2 saturated heterocycles. The van der Waals surface area contributed by atoms with E-state index in [9.17, 15) is 27.2 Å². The normalized spacial score (nSPS) is 21.9. The van der Waals surface area contributed by atoms with Crippen LogP contribution in [0.2, 0.25) is 0 Å². The Balaban J connectivity index is 1.40. The molecular weight excluding hydrogens is 451 g/mol. The number of nitrogens with one attached hydrogen (secondary N) is 1. The van der Waals surface area contributed by atoms with Gasteiger partial charge in [-0.05, 0) is 30.7 Å². The van der Waals surface area contributed by atoms with Crippen molar-refractivity contribution in [3.05, 3.63) is 66.0 Å². The van der Waals surface area contributed by atoms with Crippen LogP contribution in [0.5, 0.6) is 0 Å². The Bertz CT molecular complexity index is 1200. The van der Waals surface area contributed by atoms with Gasteiger partial charge < -0.3 is 10.2 Å². The molecular formula is C22H23FN4O5S. The van der Waals surface area contributed by atoms with Crippen LogP contribution >= 0.6 is 0 Å². The molecule has 4 amide bonds. The van der Waals surface area contributed by atoms with E-state index < -0.39 is 45.8 Å². The fraction of sp³-hybridized carbons (Fsp3) is 0.318. The number of rotatable bonds is 5. The molecule has 2 aromatic carbocycles. The quantitative estimate of drug-likeness (QED) is 0.654. The molecule has 2 fully saturated rings. The summed E-state index contributed by atoms with van der Waals surface area (Å²) >= 11 is 0. The number of carbonyl (C=O) groups is 3. The largest absolute Gasteiger partial charge is 0.338 e. The molecule has 1 N–H and O–H groups in total. The van der Waals surface area contributed by atoms with Crippen LogP contribution < -0.4 is 5.32 Å². The van der Waals surface area contributed by atoms with E-state index in [1.165, 1.54) is 21.3 Å². The molecule has 0 spiro atoms. The van der Waals surface area contributed by atoms with Gasteiger partial charge in [0.1, 0.15) is 17.9 Å². The second-order valence-electron chi connectivity index (χ2n) is 8.05. The molecule has 0 bridgehead atoms. The van der Waals surface area contributed by atoms with Crippen molar-refractivity contribution in [2.45, 2.75) is 17.4 Å². The van der Waals surface area contributed by atoms with Crippen molar-refractivity contribution in [3.8, 4) is 0 Å². The predicted molar refractivity (Wildman–Crippen MR) is 116 cm³/mol. The number of piperazine rings is 1. The molecule has 2 aliphatic rings. The smallest absolute Gasteiger partial charge is 0.325 e. The van der Waals surface area contributed by atoms with Gasteiger partial charge in [0.25, 0.3) is 5.91 Å². The lowest BCUT2D eigenvalue weighted by molar-refractivity contribution is -0.139. The SMILES string of the molecule is CC1(c2ccccc2)NC(=O)N(CC(=O)N2CCN(S(=O)(=O)c3cccc(F)c3)CC2)C1=O. The molecule has 2 aliphatic heterocycles. The zero-order chi connectivity index (χ0) is 23.8. The molecule has 0 aliphatic carbocycles. The van der Waals surface area contributed by atoms with E-state index in [0.29, 0.717) is 5.56 Å². The average Bonchev–Trinajstić information content (AvgIpc) is 3.03. The third-order valence-electron chi connectivity index (χ3n) is 5.94. The van der Waals surface area contributed by atoms with E-state index >= 15 is 0 Å². The maximum absolute atomic E-state index is 13.5. The van der Waals surface area contributed by atoms with Gasteiger partial charge >= 0.3 is 6.03 Å². The third kappa shape index (κ3) is 4.21. The lowest BCUT2D eigenvalue weighted by atomic mass is 9.92. The molecule has 9 nitrogen and oxygen atoms in total. The van der Waals surface area contributed by atoms with E-state index in [-0.39, 0.29) is 31.1 Å². The molecule has 174 valence electrons. The number of sulfonamides is 1. The molecule has 2 heterocycles. The van der Waals surface area contributed by atoms with Crippen molar-refractivity contribution >= 4 is 27.9 Å². The molecule has 11 heteroatoms. The van der Waals surface area contributed by atoms with E-state index in [2.05, 4.69) is 5.32 Å². The maximum Gasteiger partial charge on any atom is 0.325 e. The summed E-state index contributed by atoms with van der Waals surface area (Å²) in [5.74, 6) is -1.64. The lowest BCUT2D eigenvalue weighted by Crippen LogP contribution is -2.53. The van der Waals surface area contributed by atoms with Crippen molar-refractivity contribution in [1.82, 2.24) is 19.4 Å². The maximum atomic E-state index is 13.5. The molecule has 1 atom stereocenters. The van der Waals surface area contributed by atoms with Gasteiger partial charge in [-0.25, -0.2) is 17.6 Å². The van der Waals surface area contributed by atoms with E-state index in [4.69, 9.17) is 0 Å². The Hall–Kier alpha value is -3.31. The molecule has 0 saturated carbocycles. The fourth-order valence-corrected chi connectivity index (χ4v) is 5.45. The van der Waals surface area contributed by atoms with Crippen LogP contribution in [0, 0.1) is 5.82 Å². The second-order valence-corrected chi connectivity index (χ2v) is 9.99. The van der Waals surface area contributed by atoms with Crippen molar-refractivity contribution in [1.29, 1.82) is 0 Å². The minimum atomic E-state index is -3.89. The number of hydrogen-bond donors (Lipinski definition) is 1. The van der Waals surface area contributed by atoms with Crippen LogP contribution in [0.1, 0.15) is 12.5 Å². The Morgan fingerprint density at radius 3 is 2.33 bits per heavy atom. The highest BCUT2D eigenvalue weighted by molar-refractivity contribution is 7.89. The summed E-state index contributed by atoms with van der Waals surface area (Å²) in [6.07, 6.45) is 0. The van der Waals surface area contributed by atoms with E-state index in [1.54, 1.807) is 37.3 Å². The first kappa shape index (κ1) is 22.9. The van der Waals surface area contributed by atoms with Crippen molar-refractivity contribution < 1.29 is 27.2 Å². The lowest BCUT2D eigenvalue weighted by Gasteiger charge is -2.34. The van der Waals surface area contributed by atoms with Crippen LogP contribution in [0.4, 0.5) is 9.18 Å². The van der Waals surface area contributed by atoms with E-state index in [1.807, 2.05) is 0 Å². The minimum absolute atomic E-state index is 0.0203. The topological polar surface area (TPSA) is 107 Å². The molecule has 0 radical (unpaired) electrons. The zero-order valence-electron chi connectivity index (χ0n) is 17.9. The zero-order valence-corrected chi connectivity index (χ0v) is 18.7. The fourth-order valence-electron chi connectivity index (χ4n) is 4.00. The number of hydrogen-bond acceptors (Lipinski definition) is 5. The van der Waals surface area contributed by atoms with Gasteiger partial charge in [0.05, 0.1) is 4.90 Å². The number of amides is 4. The van der Waals surface area contributed by atoms with Gasteiger partial charge in [0.2, 0.25) is 15.9 Å². The third-order valence-corrected chi connectivity index (χ3v) is 7.84. The van der Waals surface area contributed by atoms with Gasteiger partial charge in [0.15, 0.2) is 0 Å². The number of benzene rings is 2. The van der Waals surface area contributed by atoms with Crippen LogP contribution in [-0.2, 0) is 25.2 Å². The Kier molecular flexibility index (Phi) is 5.93. The predicted octanol–water partition coefficient (Wildman–Crippen LogP) is 1.13. The molecule has 4 rings (SSSR count). The summed E-state index contributed by atoms with van der Waals surface area (Å²) in [6, 6.07) is 12.8. The number of imide groups is 1. The van der Waals surface area contributed by atoms with Crippen LogP contribution in [0.15, 0.2) is 59.5 Å². The first-order valence-corrected chi connectivity index (χ1v) is 11.8. The monoisotopic (exact) mass is 474 g/mol. The van der Waals surface area contributed by atoms with Gasteiger partial charge in [0, 0.05) is 26.2 Å². The summed E-state index contributed by atoms with van der Waals surface area (Å²) in [5.41, 5.74) is -0.662. The average molecular weight is 475 g/mol. The van der Waals surface area contributed by atoms with Gasteiger partial charge in [-0.1, -0.05) is 36.4 Å². The Morgan fingerprint density at radius 2 is 1.70 bits per heavy atom. The highest BCUT2D eigenvalue weighted by Gasteiger charge is 2.49. The summed E-state index contributed by atoms with van der Waals surface area (Å²) in [4.78, 5) is 40.4. The first-order chi connectivity index (χ1) is 15.6. The van der Waals surface area contributed by atoms with Crippen LogP contribution in [0.25, 0.3) is 0 Å². The summed E-state index contributed by atoms with van der Waals surface area (Å²) in [5, 5.41) is 2.65. The number of nitrogens with zero attached hydrogens (tertiary/aromatic N) is 3. The van der Waals surface area contributed by atoms with Gasteiger partial charge in [-0.2, -0.15) is 4.31 Å². The summed E-state index contributed by atoms with van der Waals surface area (Å²) < 4.78 is 40.1. The molecule has 0 aromatic heterocycles. The molecule has 33 heavy (non-hydrogen) atoms. The van der Waals surface area contributed by atoms with Crippen molar-refractivity contribution in [2.24, 2.45) is 0 Å². The Labute approximate surface area is 190 Å². The second kappa shape index (κ2) is 8.56. The highest BCUT2D eigenvalue weighted by atomic mass is 32.2. The molecule has 2 aromatic rings. The van der Waals surface area contributed by atoms with E-state index in [0.717, 1.165) is 17.0 Å². The Morgan fingerprint density at radius 1 is 1.03 bits per heavy atom. The summed E-state index contributed by atoms with van der Waals surface area (Å²) in [6.45, 7) is 1.37. The summed E-state index contributed by atoms with van der Waals surface area (Å²) in [7, 11) is -3.89. The number of urea groups is 1.